The number of hydrogen-bond donors (Lipinski definition) is 5. The average molecular weight is 706 g/mol. The number of unbranched alkanes of at least 4 members (excludes halogenated alkanes) is 23. The van der Waals surface area contributed by atoms with Crippen molar-refractivity contribution in [1.82, 2.24) is 5.32 Å². The van der Waals surface area contributed by atoms with Crippen molar-refractivity contribution in [1.29, 1.82) is 0 Å². The van der Waals surface area contributed by atoms with E-state index in [1.807, 2.05) is 0 Å². The minimum atomic E-state index is -1.29. The molecule has 0 radical (unpaired) electrons. The van der Waals surface area contributed by atoms with Crippen LogP contribution in [0.3, 0.4) is 0 Å². The van der Waals surface area contributed by atoms with Crippen LogP contribution in [0.25, 0.3) is 0 Å². The summed E-state index contributed by atoms with van der Waals surface area (Å²) < 4.78 is 0. The van der Waals surface area contributed by atoms with Crippen molar-refractivity contribution in [3.63, 3.8) is 0 Å². The third kappa shape index (κ3) is 32.4. The summed E-state index contributed by atoms with van der Waals surface area (Å²) in [5.74, 6) is -0.602. The first kappa shape index (κ1) is 48.5. The molecule has 0 spiro atoms. The number of amides is 1. The van der Waals surface area contributed by atoms with E-state index in [2.05, 4.69) is 55.6 Å². The molecule has 0 bridgehead atoms. The SMILES string of the molecule is CCC/C=C/CC/C=C/CCCC(O)C(O)C(CO)NC(=O)C(O)CCCCCCCCCC/C=C\CCCCCCCCCCCCCC. The highest BCUT2D eigenvalue weighted by Gasteiger charge is 2.28. The van der Waals surface area contributed by atoms with Gasteiger partial charge in [-0.05, 0) is 70.6 Å². The number of nitrogens with one attached hydrogen (secondary N) is 1. The van der Waals surface area contributed by atoms with Crippen LogP contribution in [0.1, 0.15) is 206 Å². The van der Waals surface area contributed by atoms with E-state index in [0.29, 0.717) is 19.3 Å². The van der Waals surface area contributed by atoms with E-state index in [-0.39, 0.29) is 0 Å². The van der Waals surface area contributed by atoms with Gasteiger partial charge >= 0.3 is 0 Å². The lowest BCUT2D eigenvalue weighted by atomic mass is 10.00. The average Bonchev–Trinajstić information content (AvgIpc) is 3.12. The number of allylic oxidation sites excluding steroid dienone is 6. The number of carbonyl (C=O) groups is 1. The highest BCUT2D eigenvalue weighted by molar-refractivity contribution is 5.80. The second kappa shape index (κ2) is 38.8. The highest BCUT2D eigenvalue weighted by atomic mass is 16.3. The van der Waals surface area contributed by atoms with Gasteiger partial charge in [0.25, 0.3) is 0 Å². The zero-order valence-corrected chi connectivity index (χ0v) is 32.9. The molecule has 0 fully saturated rings. The summed E-state index contributed by atoms with van der Waals surface area (Å²) in [6.45, 7) is 3.95. The topological polar surface area (TPSA) is 110 Å². The van der Waals surface area contributed by atoms with Crippen molar-refractivity contribution < 1.29 is 25.2 Å². The molecule has 4 unspecified atom stereocenters. The lowest BCUT2D eigenvalue weighted by molar-refractivity contribution is -0.132. The first-order valence-corrected chi connectivity index (χ1v) is 21.4. The molecule has 0 aromatic carbocycles. The van der Waals surface area contributed by atoms with Crippen LogP contribution in [-0.2, 0) is 4.79 Å². The Balaban J connectivity index is 3.71. The Hall–Kier alpha value is -1.47. The van der Waals surface area contributed by atoms with Gasteiger partial charge in [-0.1, -0.05) is 172 Å². The van der Waals surface area contributed by atoms with Gasteiger partial charge in [0, 0.05) is 0 Å². The van der Waals surface area contributed by atoms with Crippen LogP contribution in [0, 0.1) is 0 Å². The normalized spacial score (nSPS) is 14.6. The van der Waals surface area contributed by atoms with E-state index in [1.165, 1.54) is 128 Å². The minimum Gasteiger partial charge on any atom is -0.394 e. The molecule has 0 heterocycles. The van der Waals surface area contributed by atoms with E-state index in [0.717, 1.165) is 44.9 Å². The maximum Gasteiger partial charge on any atom is 0.249 e. The van der Waals surface area contributed by atoms with Gasteiger partial charge in [-0.2, -0.15) is 0 Å². The molecule has 294 valence electrons. The van der Waals surface area contributed by atoms with E-state index in [9.17, 15) is 25.2 Å². The third-order valence-electron chi connectivity index (χ3n) is 9.78. The summed E-state index contributed by atoms with van der Waals surface area (Å²) in [6.07, 6.45) is 44.8. The number of hydrogen-bond acceptors (Lipinski definition) is 5. The molecule has 5 N–H and O–H groups in total. The van der Waals surface area contributed by atoms with Crippen LogP contribution in [0.15, 0.2) is 36.5 Å². The first-order valence-electron chi connectivity index (χ1n) is 21.4. The standard InChI is InChI=1S/C44H83NO5/c1-3-5-7-9-11-13-15-16-17-18-19-20-21-22-23-24-25-26-27-28-30-32-34-36-38-42(48)44(50)45-40(39-46)43(49)41(47)37-35-33-31-29-14-12-10-8-6-4-2/h8,10,22-23,29,31,40-43,46-49H,3-7,9,11-21,24-28,30,32-39H2,1-2H3,(H,45,50)/b10-8+,23-22-,31-29+. The van der Waals surface area contributed by atoms with Crippen LogP contribution in [-0.4, -0.2) is 57.3 Å². The molecule has 0 saturated heterocycles. The minimum absolute atomic E-state index is 0.356. The Morgan fingerprint density at radius 3 is 1.34 bits per heavy atom. The molecule has 0 aliphatic carbocycles. The Labute approximate surface area is 309 Å². The molecule has 0 aliphatic heterocycles. The fourth-order valence-corrected chi connectivity index (χ4v) is 6.36. The molecule has 6 heteroatoms. The zero-order valence-electron chi connectivity index (χ0n) is 32.9. The van der Waals surface area contributed by atoms with Gasteiger partial charge in [-0.3, -0.25) is 4.79 Å². The lowest BCUT2D eigenvalue weighted by Crippen LogP contribution is -2.53. The van der Waals surface area contributed by atoms with Gasteiger partial charge in [0.1, 0.15) is 12.2 Å². The second-order valence-electron chi connectivity index (χ2n) is 14.7. The summed E-state index contributed by atoms with van der Waals surface area (Å²) in [6, 6.07) is -1.01. The molecule has 4 atom stereocenters. The van der Waals surface area contributed by atoms with Crippen molar-refractivity contribution in [2.75, 3.05) is 6.61 Å². The smallest absolute Gasteiger partial charge is 0.249 e. The largest absolute Gasteiger partial charge is 0.394 e. The highest BCUT2D eigenvalue weighted by Crippen LogP contribution is 2.15. The predicted octanol–water partition coefficient (Wildman–Crippen LogP) is 11.0. The Bertz CT molecular complexity index is 797. The summed E-state index contributed by atoms with van der Waals surface area (Å²) >= 11 is 0. The van der Waals surface area contributed by atoms with Gasteiger partial charge in [0.2, 0.25) is 5.91 Å². The Morgan fingerprint density at radius 2 is 0.880 bits per heavy atom. The molecular formula is C44H83NO5. The van der Waals surface area contributed by atoms with Crippen LogP contribution in [0.2, 0.25) is 0 Å². The van der Waals surface area contributed by atoms with E-state index in [4.69, 9.17) is 0 Å². The first-order chi connectivity index (χ1) is 24.5. The van der Waals surface area contributed by atoms with Gasteiger partial charge in [-0.25, -0.2) is 0 Å². The molecule has 0 aromatic rings. The molecule has 0 aliphatic rings. The fourth-order valence-electron chi connectivity index (χ4n) is 6.36. The second-order valence-corrected chi connectivity index (χ2v) is 14.7. The van der Waals surface area contributed by atoms with Gasteiger partial charge in [0.05, 0.1) is 18.8 Å². The van der Waals surface area contributed by atoms with Crippen molar-refractivity contribution >= 4 is 5.91 Å². The van der Waals surface area contributed by atoms with Crippen LogP contribution >= 0.6 is 0 Å². The third-order valence-corrected chi connectivity index (χ3v) is 9.78. The fraction of sp³-hybridized carbons (Fsp3) is 0.841. The van der Waals surface area contributed by atoms with E-state index in [1.54, 1.807) is 0 Å². The van der Waals surface area contributed by atoms with Gasteiger partial charge in [0.15, 0.2) is 0 Å². The van der Waals surface area contributed by atoms with Crippen molar-refractivity contribution in [2.24, 2.45) is 0 Å². The van der Waals surface area contributed by atoms with Crippen LogP contribution in [0.4, 0.5) is 0 Å². The molecule has 0 rings (SSSR count). The summed E-state index contributed by atoms with van der Waals surface area (Å²) in [5, 5.41) is 43.4. The van der Waals surface area contributed by atoms with Crippen molar-refractivity contribution in [3.8, 4) is 0 Å². The van der Waals surface area contributed by atoms with Gasteiger partial charge < -0.3 is 25.7 Å². The van der Waals surface area contributed by atoms with Crippen LogP contribution < -0.4 is 5.32 Å². The zero-order chi connectivity index (χ0) is 36.8. The molecule has 0 saturated carbocycles. The number of aliphatic hydroxyl groups is 4. The summed E-state index contributed by atoms with van der Waals surface area (Å²) in [7, 11) is 0. The molecule has 50 heavy (non-hydrogen) atoms. The monoisotopic (exact) mass is 706 g/mol. The maximum absolute atomic E-state index is 12.5. The van der Waals surface area contributed by atoms with Crippen molar-refractivity contribution in [3.05, 3.63) is 36.5 Å². The predicted molar refractivity (Wildman–Crippen MR) is 214 cm³/mol. The Kier molecular flexibility index (Phi) is 37.6. The van der Waals surface area contributed by atoms with Gasteiger partial charge in [-0.15, -0.1) is 0 Å². The van der Waals surface area contributed by atoms with E-state index < -0.39 is 36.9 Å². The summed E-state index contributed by atoms with van der Waals surface area (Å²) in [5.41, 5.74) is 0. The van der Waals surface area contributed by atoms with E-state index >= 15 is 0 Å². The number of rotatable bonds is 38. The molecule has 0 aromatic heterocycles. The van der Waals surface area contributed by atoms with Crippen LogP contribution in [0.5, 0.6) is 0 Å². The Morgan fingerprint density at radius 1 is 0.480 bits per heavy atom. The maximum atomic E-state index is 12.5. The number of carbonyl (C=O) groups excluding carboxylic acids is 1. The van der Waals surface area contributed by atoms with Crippen molar-refractivity contribution in [2.45, 2.75) is 231 Å². The molecule has 6 nitrogen and oxygen atoms in total. The summed E-state index contributed by atoms with van der Waals surface area (Å²) in [4.78, 5) is 12.5. The number of aliphatic hydroxyl groups excluding tert-OH is 4. The molecular weight excluding hydrogens is 622 g/mol. The quantitative estimate of drug-likeness (QED) is 0.0324. The molecule has 1 amide bonds. The lowest BCUT2D eigenvalue weighted by Gasteiger charge is -2.27.